The number of carbonyl (C=O) groups is 2. The lowest BCUT2D eigenvalue weighted by molar-refractivity contribution is -0.384. The molecule has 9 heteroatoms. The van der Waals surface area contributed by atoms with Crippen LogP contribution in [0.5, 0.6) is 0 Å². The minimum atomic E-state index is -0.442. The first kappa shape index (κ1) is 23.7. The van der Waals surface area contributed by atoms with Crippen molar-refractivity contribution in [2.75, 3.05) is 11.1 Å². The summed E-state index contributed by atoms with van der Waals surface area (Å²) in [6.07, 6.45) is 0. The number of hydrogen-bond donors (Lipinski definition) is 2. The van der Waals surface area contributed by atoms with Crippen LogP contribution in [0.3, 0.4) is 0 Å². The summed E-state index contributed by atoms with van der Waals surface area (Å²) in [4.78, 5) is 34.7. The predicted molar refractivity (Wildman–Crippen MR) is 130 cm³/mol. The van der Waals surface area contributed by atoms with Gasteiger partial charge in [0, 0.05) is 29.1 Å². The van der Waals surface area contributed by atoms with Crippen LogP contribution < -0.4 is 10.7 Å². The van der Waals surface area contributed by atoms with Gasteiger partial charge < -0.3 is 5.32 Å². The Labute approximate surface area is 195 Å². The first-order valence-corrected chi connectivity index (χ1v) is 11.2. The van der Waals surface area contributed by atoms with Crippen LogP contribution >= 0.6 is 11.8 Å². The number of hydrogen-bond acceptors (Lipinski definition) is 6. The summed E-state index contributed by atoms with van der Waals surface area (Å²) in [5.41, 5.74) is 5.98. The van der Waals surface area contributed by atoms with Crippen molar-refractivity contribution in [2.24, 2.45) is 5.10 Å². The predicted octanol–water partition coefficient (Wildman–Crippen LogP) is 4.62. The molecule has 8 nitrogen and oxygen atoms in total. The maximum Gasteiger partial charge on any atom is 0.269 e. The van der Waals surface area contributed by atoms with Gasteiger partial charge in [0.2, 0.25) is 5.91 Å². The summed E-state index contributed by atoms with van der Waals surface area (Å²) >= 11 is 1.34. The summed E-state index contributed by atoms with van der Waals surface area (Å²) in [6, 6.07) is 22.4. The molecule has 0 fully saturated rings. The Hall–Kier alpha value is -3.98. The number of nitrogens with zero attached hydrogens (tertiary/aromatic N) is 2. The molecule has 0 saturated heterocycles. The van der Waals surface area contributed by atoms with Gasteiger partial charge in [0.25, 0.3) is 11.6 Å². The van der Waals surface area contributed by atoms with Crippen molar-refractivity contribution < 1.29 is 14.5 Å². The Morgan fingerprint density at radius 2 is 1.70 bits per heavy atom. The van der Waals surface area contributed by atoms with Crippen LogP contribution in [0.25, 0.3) is 0 Å². The topological polar surface area (TPSA) is 114 Å². The molecule has 3 aromatic rings. The first-order valence-electron chi connectivity index (χ1n) is 10.0. The van der Waals surface area contributed by atoms with Gasteiger partial charge in [-0.3, -0.25) is 19.7 Å². The van der Waals surface area contributed by atoms with Crippen LogP contribution in [0.4, 0.5) is 11.4 Å². The Morgan fingerprint density at radius 3 is 2.39 bits per heavy atom. The van der Waals surface area contributed by atoms with E-state index in [1.165, 1.54) is 23.9 Å². The fraction of sp³-hybridized carbons (Fsp3) is 0.125. The number of thioether (sulfide) groups is 1. The number of amides is 2. The van der Waals surface area contributed by atoms with E-state index in [4.69, 9.17) is 0 Å². The summed E-state index contributed by atoms with van der Waals surface area (Å²) in [5, 5.41) is 17.8. The Kier molecular flexibility index (Phi) is 8.31. The van der Waals surface area contributed by atoms with Crippen LogP contribution in [0, 0.1) is 10.1 Å². The van der Waals surface area contributed by atoms with Crippen LogP contribution in [0.15, 0.2) is 84.0 Å². The standard InChI is InChI=1S/C24H22N4O4S/c1-17(19-10-12-21(13-11-19)25-24(30)20-7-3-2-4-8-20)26-27-23(29)16-33-15-18-6-5-9-22(14-18)28(31)32/h2-14H,15-16H2,1H3,(H,25,30)(H,27,29)/b26-17-. The van der Waals surface area contributed by atoms with E-state index in [1.54, 1.807) is 55.5 Å². The smallest absolute Gasteiger partial charge is 0.269 e. The summed E-state index contributed by atoms with van der Waals surface area (Å²) in [5.74, 6) is 0.192. The maximum absolute atomic E-state index is 12.2. The minimum Gasteiger partial charge on any atom is -0.322 e. The van der Waals surface area contributed by atoms with Crippen LogP contribution in [0.1, 0.15) is 28.4 Å². The first-order chi connectivity index (χ1) is 15.9. The van der Waals surface area contributed by atoms with Crippen molar-refractivity contribution in [3.8, 4) is 0 Å². The lowest BCUT2D eigenvalue weighted by atomic mass is 10.1. The van der Waals surface area contributed by atoms with Crippen LogP contribution in [0.2, 0.25) is 0 Å². The number of benzene rings is 3. The molecule has 0 aliphatic heterocycles. The normalized spacial score (nSPS) is 11.0. The van der Waals surface area contributed by atoms with Gasteiger partial charge in [-0.15, -0.1) is 11.8 Å². The van der Waals surface area contributed by atoms with Crippen molar-refractivity contribution in [3.05, 3.63) is 106 Å². The third kappa shape index (κ3) is 7.29. The van der Waals surface area contributed by atoms with Crippen molar-refractivity contribution in [1.82, 2.24) is 5.43 Å². The van der Waals surface area contributed by atoms with E-state index >= 15 is 0 Å². The molecule has 0 aliphatic carbocycles. The van der Waals surface area contributed by atoms with Gasteiger partial charge in [-0.1, -0.05) is 42.5 Å². The number of nitro benzene ring substituents is 1. The van der Waals surface area contributed by atoms with Crippen molar-refractivity contribution >= 4 is 40.7 Å². The van der Waals surface area contributed by atoms with Crippen molar-refractivity contribution in [3.63, 3.8) is 0 Å². The molecule has 0 atom stereocenters. The highest BCUT2D eigenvalue weighted by molar-refractivity contribution is 7.99. The lowest BCUT2D eigenvalue weighted by Crippen LogP contribution is -2.21. The number of non-ortho nitro benzene ring substituents is 1. The molecule has 0 unspecified atom stereocenters. The molecule has 0 radical (unpaired) electrons. The molecule has 3 rings (SSSR count). The second-order valence-corrected chi connectivity index (χ2v) is 8.04. The molecule has 2 amide bonds. The largest absolute Gasteiger partial charge is 0.322 e. The zero-order valence-electron chi connectivity index (χ0n) is 17.9. The zero-order valence-corrected chi connectivity index (χ0v) is 18.7. The molecule has 0 aliphatic rings. The van der Waals surface area contributed by atoms with Crippen LogP contribution in [-0.4, -0.2) is 28.2 Å². The van der Waals surface area contributed by atoms with E-state index in [1.807, 2.05) is 18.2 Å². The third-order valence-electron chi connectivity index (χ3n) is 4.57. The van der Waals surface area contributed by atoms with E-state index in [2.05, 4.69) is 15.8 Å². The SMILES string of the molecule is C/C(=N/NC(=O)CSCc1cccc([N+](=O)[O-])c1)c1ccc(NC(=O)c2ccccc2)cc1. The number of nitro groups is 1. The van der Waals surface area contributed by atoms with E-state index < -0.39 is 4.92 Å². The molecule has 3 aromatic carbocycles. The van der Waals surface area contributed by atoms with Crippen molar-refractivity contribution in [1.29, 1.82) is 0 Å². The van der Waals surface area contributed by atoms with E-state index in [0.29, 0.717) is 22.7 Å². The molecule has 0 heterocycles. The van der Waals surface area contributed by atoms with E-state index in [-0.39, 0.29) is 23.3 Å². The van der Waals surface area contributed by atoms with Gasteiger partial charge >= 0.3 is 0 Å². The van der Waals surface area contributed by atoms with Crippen molar-refractivity contribution in [2.45, 2.75) is 12.7 Å². The number of carbonyl (C=O) groups excluding carboxylic acids is 2. The number of anilines is 1. The molecule has 0 aromatic heterocycles. The fourth-order valence-corrected chi connectivity index (χ4v) is 3.62. The second kappa shape index (κ2) is 11.6. The molecule has 168 valence electrons. The second-order valence-electron chi connectivity index (χ2n) is 7.05. The minimum absolute atomic E-state index is 0.0310. The molecule has 0 spiro atoms. The third-order valence-corrected chi connectivity index (χ3v) is 5.57. The zero-order chi connectivity index (χ0) is 23.6. The quantitative estimate of drug-likeness (QED) is 0.274. The monoisotopic (exact) mass is 462 g/mol. The summed E-state index contributed by atoms with van der Waals surface area (Å²) in [7, 11) is 0. The van der Waals surface area contributed by atoms with Gasteiger partial charge in [0.15, 0.2) is 0 Å². The molecule has 2 N–H and O–H groups in total. The number of rotatable bonds is 9. The lowest BCUT2D eigenvalue weighted by Gasteiger charge is -2.07. The summed E-state index contributed by atoms with van der Waals surface area (Å²) < 4.78 is 0. The number of nitrogens with one attached hydrogen (secondary N) is 2. The highest BCUT2D eigenvalue weighted by Gasteiger charge is 2.08. The highest BCUT2D eigenvalue weighted by atomic mass is 32.2. The van der Waals surface area contributed by atoms with Crippen LogP contribution in [-0.2, 0) is 10.5 Å². The summed E-state index contributed by atoms with van der Waals surface area (Å²) in [6.45, 7) is 1.77. The van der Waals surface area contributed by atoms with Gasteiger partial charge in [-0.05, 0) is 42.3 Å². The number of hydrazone groups is 1. The van der Waals surface area contributed by atoms with Gasteiger partial charge in [-0.2, -0.15) is 5.10 Å². The van der Waals surface area contributed by atoms with E-state index in [0.717, 1.165) is 11.1 Å². The average Bonchev–Trinajstić information content (AvgIpc) is 2.83. The Bertz CT molecular complexity index is 1160. The molecular formula is C24H22N4O4S. The van der Waals surface area contributed by atoms with E-state index in [9.17, 15) is 19.7 Å². The Morgan fingerprint density at radius 1 is 0.970 bits per heavy atom. The molecular weight excluding hydrogens is 440 g/mol. The average molecular weight is 463 g/mol. The van der Waals surface area contributed by atoms with Gasteiger partial charge in [-0.25, -0.2) is 5.43 Å². The molecule has 0 saturated carbocycles. The Balaban J connectivity index is 1.47. The highest BCUT2D eigenvalue weighted by Crippen LogP contribution is 2.18. The maximum atomic E-state index is 12.2. The molecule has 0 bridgehead atoms. The van der Waals surface area contributed by atoms with Gasteiger partial charge in [0.05, 0.1) is 16.4 Å². The molecule has 33 heavy (non-hydrogen) atoms. The van der Waals surface area contributed by atoms with Gasteiger partial charge in [0.1, 0.15) is 0 Å². The fourth-order valence-electron chi connectivity index (χ4n) is 2.85.